The van der Waals surface area contributed by atoms with Gasteiger partial charge in [-0.1, -0.05) is 33.4 Å². The van der Waals surface area contributed by atoms with Crippen LogP contribution in [0.2, 0.25) is 0 Å². The highest BCUT2D eigenvalue weighted by Gasteiger charge is 2.55. The predicted octanol–water partition coefficient (Wildman–Crippen LogP) is 4.30. The molecule has 0 aromatic heterocycles. The van der Waals surface area contributed by atoms with Gasteiger partial charge in [0.1, 0.15) is 0 Å². The molecule has 0 spiro atoms. The van der Waals surface area contributed by atoms with Crippen LogP contribution in [0.4, 0.5) is 0 Å². The van der Waals surface area contributed by atoms with Gasteiger partial charge in [0.15, 0.2) is 0 Å². The van der Waals surface area contributed by atoms with Crippen molar-refractivity contribution in [2.24, 2.45) is 29.1 Å². The summed E-state index contributed by atoms with van der Waals surface area (Å²) in [7, 11) is 0. The van der Waals surface area contributed by atoms with Crippen LogP contribution in [-0.2, 0) is 19.1 Å². The molecule has 0 amide bonds. The van der Waals surface area contributed by atoms with E-state index in [-0.39, 0.29) is 17.4 Å². The molecule has 0 aromatic carbocycles. The number of esters is 2. The van der Waals surface area contributed by atoms with Crippen LogP contribution in [-0.4, -0.2) is 25.2 Å². The van der Waals surface area contributed by atoms with Crippen LogP contribution in [0, 0.1) is 29.1 Å². The molecule has 2 aliphatic rings. The van der Waals surface area contributed by atoms with Crippen molar-refractivity contribution >= 4 is 11.9 Å². The summed E-state index contributed by atoms with van der Waals surface area (Å²) >= 11 is 0. The van der Waals surface area contributed by atoms with Crippen LogP contribution in [0.5, 0.6) is 0 Å². The van der Waals surface area contributed by atoms with Gasteiger partial charge in [0.25, 0.3) is 0 Å². The Morgan fingerprint density at radius 1 is 1.12 bits per heavy atom. The van der Waals surface area contributed by atoms with Crippen molar-refractivity contribution in [2.75, 3.05) is 13.2 Å². The number of fused-ring (bicyclic) bond motifs is 1. The molecule has 2 saturated carbocycles. The molecular weight excluding hydrogens is 316 g/mol. The van der Waals surface area contributed by atoms with Crippen molar-refractivity contribution in [3.8, 4) is 0 Å². The van der Waals surface area contributed by atoms with E-state index in [1.807, 2.05) is 0 Å². The summed E-state index contributed by atoms with van der Waals surface area (Å²) in [6.45, 7) is 12.4. The van der Waals surface area contributed by atoms with Crippen molar-refractivity contribution in [1.29, 1.82) is 0 Å². The molecule has 0 N–H and O–H groups in total. The molecule has 0 aliphatic heterocycles. The fraction of sp³-hybridized carbons (Fsp3) is 0.714. The minimum Gasteiger partial charge on any atom is -0.463 e. The molecule has 0 aromatic rings. The highest BCUT2D eigenvalue weighted by Crippen LogP contribution is 2.61. The summed E-state index contributed by atoms with van der Waals surface area (Å²) < 4.78 is 10.7. The Balaban J connectivity index is 2.01. The topological polar surface area (TPSA) is 52.6 Å². The molecule has 2 fully saturated rings. The van der Waals surface area contributed by atoms with Gasteiger partial charge in [0.05, 0.1) is 13.2 Å². The van der Waals surface area contributed by atoms with Gasteiger partial charge in [0, 0.05) is 17.6 Å². The van der Waals surface area contributed by atoms with Gasteiger partial charge in [-0.2, -0.15) is 0 Å². The molecular formula is C21H32O4. The first-order chi connectivity index (χ1) is 12.0. The SMILES string of the molecule is C=CC(=O)OCC[C@H]1C[C@@H]2C(CC)CC(CC)(COC(=O)C=C)[C@@H]2C1. The van der Waals surface area contributed by atoms with Gasteiger partial charge >= 0.3 is 11.9 Å². The van der Waals surface area contributed by atoms with Gasteiger partial charge in [-0.05, 0) is 55.8 Å². The summed E-state index contributed by atoms with van der Waals surface area (Å²) in [4.78, 5) is 22.8. The van der Waals surface area contributed by atoms with Gasteiger partial charge in [-0.3, -0.25) is 0 Å². The lowest BCUT2D eigenvalue weighted by atomic mass is 9.74. The maximum atomic E-state index is 11.6. The van der Waals surface area contributed by atoms with Crippen LogP contribution in [0.3, 0.4) is 0 Å². The van der Waals surface area contributed by atoms with Crippen LogP contribution in [0.25, 0.3) is 0 Å². The molecule has 4 heteroatoms. The third-order valence-corrected chi connectivity index (χ3v) is 6.60. The Labute approximate surface area is 151 Å². The summed E-state index contributed by atoms with van der Waals surface area (Å²) in [6.07, 6.45) is 9.08. The van der Waals surface area contributed by atoms with E-state index >= 15 is 0 Å². The second-order valence-electron chi connectivity index (χ2n) is 7.67. The standard InChI is InChI=1S/C21H32O4/c1-5-16-13-21(8-4,14-25-20(23)7-3)18-12-15(11-17(16)18)9-10-24-19(22)6-2/h6-7,15-18H,2-3,5,8-14H2,1,4H3/t15-,16?,17+,18+,21?/m0/s1. The molecule has 25 heavy (non-hydrogen) atoms. The third-order valence-electron chi connectivity index (χ3n) is 6.60. The van der Waals surface area contributed by atoms with E-state index in [4.69, 9.17) is 9.47 Å². The van der Waals surface area contributed by atoms with Crippen LogP contribution in [0.1, 0.15) is 52.4 Å². The van der Waals surface area contributed by atoms with Crippen molar-refractivity contribution < 1.29 is 19.1 Å². The smallest absolute Gasteiger partial charge is 0.330 e. The molecule has 2 rings (SSSR count). The highest BCUT2D eigenvalue weighted by molar-refractivity contribution is 5.81. The summed E-state index contributed by atoms with van der Waals surface area (Å²) in [5, 5.41) is 0. The maximum Gasteiger partial charge on any atom is 0.330 e. The first-order valence-corrected chi connectivity index (χ1v) is 9.58. The third kappa shape index (κ3) is 4.34. The van der Waals surface area contributed by atoms with Crippen molar-refractivity contribution in [2.45, 2.75) is 52.4 Å². The van der Waals surface area contributed by atoms with Gasteiger partial charge in [-0.25, -0.2) is 9.59 Å². The highest BCUT2D eigenvalue weighted by atomic mass is 16.5. The van der Waals surface area contributed by atoms with E-state index in [9.17, 15) is 9.59 Å². The Morgan fingerprint density at radius 3 is 2.40 bits per heavy atom. The van der Waals surface area contributed by atoms with E-state index < -0.39 is 0 Å². The number of carbonyl (C=O) groups is 2. The summed E-state index contributed by atoms with van der Waals surface area (Å²) in [6, 6.07) is 0. The van der Waals surface area contributed by atoms with Crippen molar-refractivity contribution in [3.05, 3.63) is 25.3 Å². The Morgan fingerprint density at radius 2 is 1.80 bits per heavy atom. The zero-order valence-electron chi connectivity index (χ0n) is 15.7. The Bertz CT molecular complexity index is 512. The van der Waals surface area contributed by atoms with Gasteiger partial charge in [0.2, 0.25) is 0 Å². The second kappa shape index (κ2) is 8.68. The molecule has 5 atom stereocenters. The molecule has 140 valence electrons. The number of hydrogen-bond donors (Lipinski definition) is 0. The first-order valence-electron chi connectivity index (χ1n) is 9.58. The first kappa shape index (κ1) is 19.7. The molecule has 0 saturated heterocycles. The van der Waals surface area contributed by atoms with Crippen LogP contribution < -0.4 is 0 Å². The quantitative estimate of drug-likeness (QED) is 0.460. The normalized spacial score (nSPS) is 33.5. The van der Waals surface area contributed by atoms with Crippen molar-refractivity contribution in [3.63, 3.8) is 0 Å². The summed E-state index contributed by atoms with van der Waals surface area (Å²) in [5.74, 6) is 1.92. The van der Waals surface area contributed by atoms with Gasteiger partial charge < -0.3 is 9.47 Å². The summed E-state index contributed by atoms with van der Waals surface area (Å²) in [5.41, 5.74) is 0.0938. The van der Waals surface area contributed by atoms with Crippen LogP contribution >= 0.6 is 0 Å². The fourth-order valence-electron chi connectivity index (χ4n) is 5.25. The Kier molecular flexibility index (Phi) is 6.86. The van der Waals surface area contributed by atoms with E-state index in [0.717, 1.165) is 25.7 Å². The number of ether oxygens (including phenoxy) is 2. The molecule has 2 unspecified atom stereocenters. The average Bonchev–Trinajstić information content (AvgIpc) is 3.17. The zero-order valence-corrected chi connectivity index (χ0v) is 15.7. The lowest BCUT2D eigenvalue weighted by Gasteiger charge is -2.34. The lowest BCUT2D eigenvalue weighted by molar-refractivity contribution is -0.142. The van der Waals surface area contributed by atoms with Crippen LogP contribution in [0.15, 0.2) is 25.3 Å². The number of hydrogen-bond acceptors (Lipinski definition) is 4. The second-order valence-corrected chi connectivity index (χ2v) is 7.67. The zero-order chi connectivity index (χ0) is 18.4. The molecule has 4 nitrogen and oxygen atoms in total. The monoisotopic (exact) mass is 348 g/mol. The maximum absolute atomic E-state index is 11.6. The largest absolute Gasteiger partial charge is 0.463 e. The predicted molar refractivity (Wildman–Crippen MR) is 97.8 cm³/mol. The minimum atomic E-state index is -0.344. The molecule has 0 heterocycles. The van der Waals surface area contributed by atoms with Gasteiger partial charge in [-0.15, -0.1) is 0 Å². The average molecular weight is 348 g/mol. The Hall–Kier alpha value is -1.58. The van der Waals surface area contributed by atoms with E-state index in [1.165, 1.54) is 25.0 Å². The number of rotatable bonds is 9. The van der Waals surface area contributed by atoms with E-state index in [1.54, 1.807) is 0 Å². The van der Waals surface area contributed by atoms with E-state index in [2.05, 4.69) is 27.0 Å². The molecule has 2 aliphatic carbocycles. The van der Waals surface area contributed by atoms with E-state index in [0.29, 0.717) is 36.9 Å². The minimum absolute atomic E-state index is 0.0938. The fourth-order valence-corrected chi connectivity index (χ4v) is 5.25. The van der Waals surface area contributed by atoms with Crippen molar-refractivity contribution in [1.82, 2.24) is 0 Å². The molecule has 0 radical (unpaired) electrons. The number of carbonyl (C=O) groups excluding carboxylic acids is 2. The molecule has 0 bridgehead atoms. The lowest BCUT2D eigenvalue weighted by Crippen LogP contribution is -2.32.